The van der Waals surface area contributed by atoms with E-state index in [1.54, 1.807) is 0 Å². The molecule has 1 unspecified atom stereocenters. The van der Waals surface area contributed by atoms with Crippen molar-refractivity contribution >= 4 is 5.82 Å². The highest BCUT2D eigenvalue weighted by Crippen LogP contribution is 2.26. The quantitative estimate of drug-likeness (QED) is 0.851. The summed E-state index contributed by atoms with van der Waals surface area (Å²) < 4.78 is 0. The van der Waals surface area contributed by atoms with E-state index in [-0.39, 0.29) is 0 Å². The first-order chi connectivity index (χ1) is 9.20. The third-order valence-electron chi connectivity index (χ3n) is 4.18. The lowest BCUT2D eigenvalue weighted by Gasteiger charge is -2.22. The molecule has 1 atom stereocenters. The molecule has 0 spiro atoms. The Morgan fingerprint density at radius 1 is 1.37 bits per heavy atom. The molecule has 1 heterocycles. The maximum atomic E-state index is 4.61. The largest absolute Gasteiger partial charge is 0.359 e. The van der Waals surface area contributed by atoms with Gasteiger partial charge in [-0.1, -0.05) is 25.8 Å². The van der Waals surface area contributed by atoms with Crippen LogP contribution in [0.1, 0.15) is 51.1 Å². The van der Waals surface area contributed by atoms with Crippen molar-refractivity contribution in [3.63, 3.8) is 0 Å². The molecule has 1 aliphatic rings. The summed E-state index contributed by atoms with van der Waals surface area (Å²) in [6, 6.07) is 4.73. The van der Waals surface area contributed by atoms with Crippen molar-refractivity contribution in [2.45, 2.75) is 45.6 Å². The minimum atomic E-state index is 0.381. The monoisotopic (exact) mass is 261 g/mol. The Morgan fingerprint density at radius 3 is 2.68 bits per heavy atom. The Bertz CT molecular complexity index is 368. The lowest BCUT2D eigenvalue weighted by molar-refractivity contribution is 0.544. The smallest absolute Gasteiger partial charge is 0.128 e. The van der Waals surface area contributed by atoms with Crippen LogP contribution in [0.5, 0.6) is 0 Å². The van der Waals surface area contributed by atoms with Gasteiger partial charge in [0, 0.05) is 25.8 Å². The third kappa shape index (κ3) is 3.93. The molecule has 0 amide bonds. The van der Waals surface area contributed by atoms with Crippen molar-refractivity contribution in [1.29, 1.82) is 0 Å². The molecule has 2 rings (SSSR count). The van der Waals surface area contributed by atoms with Gasteiger partial charge in [-0.2, -0.15) is 0 Å². The Hall–Kier alpha value is -1.09. The van der Waals surface area contributed by atoms with Crippen LogP contribution in [-0.2, 0) is 0 Å². The van der Waals surface area contributed by atoms with Gasteiger partial charge in [0.15, 0.2) is 0 Å². The van der Waals surface area contributed by atoms with Gasteiger partial charge in [0.2, 0.25) is 0 Å². The maximum Gasteiger partial charge on any atom is 0.128 e. The molecule has 0 saturated heterocycles. The van der Waals surface area contributed by atoms with Crippen molar-refractivity contribution in [1.82, 2.24) is 10.3 Å². The average molecular weight is 261 g/mol. The van der Waals surface area contributed by atoms with Gasteiger partial charge in [-0.3, -0.25) is 0 Å². The fourth-order valence-electron chi connectivity index (χ4n) is 2.98. The highest BCUT2D eigenvalue weighted by Gasteiger charge is 2.17. The minimum Gasteiger partial charge on any atom is -0.359 e. The molecule has 1 aromatic rings. The van der Waals surface area contributed by atoms with E-state index in [1.165, 1.54) is 31.2 Å². The maximum absolute atomic E-state index is 4.61. The zero-order valence-electron chi connectivity index (χ0n) is 12.5. The average Bonchev–Trinajstić information content (AvgIpc) is 2.92. The topological polar surface area (TPSA) is 28.2 Å². The van der Waals surface area contributed by atoms with Crippen molar-refractivity contribution in [3.8, 4) is 0 Å². The van der Waals surface area contributed by atoms with E-state index in [0.717, 1.165) is 24.8 Å². The second-order valence-electron chi connectivity index (χ2n) is 5.76. The molecule has 3 heteroatoms. The summed E-state index contributed by atoms with van der Waals surface area (Å²) in [5, 5.41) is 3.42. The first kappa shape index (κ1) is 14.3. The first-order valence-electron chi connectivity index (χ1n) is 7.61. The normalized spacial score (nSPS) is 17.6. The van der Waals surface area contributed by atoms with Crippen LogP contribution < -0.4 is 10.2 Å². The summed E-state index contributed by atoms with van der Waals surface area (Å²) in [5.41, 5.74) is 1.26. The first-order valence-corrected chi connectivity index (χ1v) is 7.61. The van der Waals surface area contributed by atoms with Crippen molar-refractivity contribution < 1.29 is 0 Å². The number of hydrogen-bond acceptors (Lipinski definition) is 3. The van der Waals surface area contributed by atoms with Crippen molar-refractivity contribution in [3.05, 3.63) is 23.9 Å². The highest BCUT2D eigenvalue weighted by molar-refractivity contribution is 5.38. The van der Waals surface area contributed by atoms with E-state index in [2.05, 4.69) is 48.2 Å². The molecular formula is C16H27N3. The number of rotatable bonds is 6. The number of anilines is 1. The van der Waals surface area contributed by atoms with Crippen LogP contribution in [0.4, 0.5) is 5.82 Å². The number of nitrogens with one attached hydrogen (secondary N) is 1. The van der Waals surface area contributed by atoms with Gasteiger partial charge < -0.3 is 10.2 Å². The van der Waals surface area contributed by atoms with Gasteiger partial charge in [0.1, 0.15) is 5.82 Å². The summed E-state index contributed by atoms with van der Waals surface area (Å²) in [7, 11) is 2.16. The molecule has 0 aliphatic heterocycles. The molecule has 1 saturated carbocycles. The number of pyridine rings is 1. The molecule has 0 aromatic carbocycles. The summed E-state index contributed by atoms with van der Waals surface area (Å²) in [6.45, 7) is 6.45. The van der Waals surface area contributed by atoms with Crippen LogP contribution in [0.15, 0.2) is 18.3 Å². The molecule has 19 heavy (non-hydrogen) atoms. The van der Waals surface area contributed by atoms with Crippen LogP contribution in [0.25, 0.3) is 0 Å². The van der Waals surface area contributed by atoms with Crippen LogP contribution in [-0.4, -0.2) is 25.1 Å². The molecule has 1 fully saturated rings. The predicted octanol–water partition coefficient (Wildman–Crippen LogP) is 3.38. The number of hydrogen-bond donors (Lipinski definition) is 1. The van der Waals surface area contributed by atoms with E-state index in [9.17, 15) is 0 Å². The predicted molar refractivity (Wildman–Crippen MR) is 81.6 cm³/mol. The molecule has 1 aromatic heterocycles. The lowest BCUT2D eigenvalue weighted by Crippen LogP contribution is -2.25. The van der Waals surface area contributed by atoms with E-state index in [4.69, 9.17) is 0 Å². The molecular weight excluding hydrogens is 234 g/mol. The zero-order valence-corrected chi connectivity index (χ0v) is 12.5. The molecule has 1 N–H and O–H groups in total. The summed E-state index contributed by atoms with van der Waals surface area (Å²) in [5.74, 6) is 1.96. The summed E-state index contributed by atoms with van der Waals surface area (Å²) in [6.07, 6.45) is 7.60. The Kier molecular flexibility index (Phi) is 5.20. The molecule has 0 radical (unpaired) electrons. The SMILES string of the molecule is CCNC(C)c1ccc(N(C)CC2CCCC2)nc1. The van der Waals surface area contributed by atoms with Crippen LogP contribution in [0.2, 0.25) is 0 Å². The number of nitrogens with zero attached hydrogens (tertiary/aromatic N) is 2. The molecule has 1 aliphatic carbocycles. The van der Waals surface area contributed by atoms with Crippen molar-refractivity contribution in [2.24, 2.45) is 5.92 Å². The van der Waals surface area contributed by atoms with E-state index in [1.807, 2.05) is 6.20 Å². The van der Waals surface area contributed by atoms with Gasteiger partial charge in [-0.05, 0) is 43.9 Å². The van der Waals surface area contributed by atoms with Crippen LogP contribution in [0.3, 0.4) is 0 Å². The number of aromatic nitrogens is 1. The summed E-state index contributed by atoms with van der Waals surface area (Å²) in [4.78, 5) is 6.91. The Balaban J connectivity index is 1.93. The van der Waals surface area contributed by atoms with Crippen LogP contribution in [0, 0.1) is 5.92 Å². The van der Waals surface area contributed by atoms with E-state index in [0.29, 0.717) is 6.04 Å². The second kappa shape index (κ2) is 6.90. The van der Waals surface area contributed by atoms with Gasteiger partial charge in [-0.15, -0.1) is 0 Å². The minimum absolute atomic E-state index is 0.381. The van der Waals surface area contributed by atoms with Gasteiger partial charge in [-0.25, -0.2) is 4.98 Å². The fourth-order valence-corrected chi connectivity index (χ4v) is 2.98. The van der Waals surface area contributed by atoms with Gasteiger partial charge >= 0.3 is 0 Å². The van der Waals surface area contributed by atoms with Crippen molar-refractivity contribution in [2.75, 3.05) is 25.0 Å². The highest BCUT2D eigenvalue weighted by atomic mass is 15.2. The van der Waals surface area contributed by atoms with Crippen LogP contribution >= 0.6 is 0 Å². The Morgan fingerprint density at radius 2 is 2.11 bits per heavy atom. The summed E-state index contributed by atoms with van der Waals surface area (Å²) >= 11 is 0. The van der Waals surface area contributed by atoms with Gasteiger partial charge in [0.25, 0.3) is 0 Å². The lowest BCUT2D eigenvalue weighted by atomic mass is 10.1. The van der Waals surface area contributed by atoms with E-state index >= 15 is 0 Å². The van der Waals surface area contributed by atoms with E-state index < -0.39 is 0 Å². The zero-order chi connectivity index (χ0) is 13.7. The second-order valence-corrected chi connectivity index (χ2v) is 5.76. The molecule has 3 nitrogen and oxygen atoms in total. The third-order valence-corrected chi connectivity index (χ3v) is 4.18. The standard InChI is InChI=1S/C16H27N3/c1-4-17-13(2)15-9-10-16(18-11-15)19(3)12-14-7-5-6-8-14/h9-11,13-14,17H,4-8,12H2,1-3H3. The molecule has 0 bridgehead atoms. The van der Waals surface area contributed by atoms with Gasteiger partial charge in [0.05, 0.1) is 0 Å². The Labute approximate surface area is 117 Å². The fraction of sp³-hybridized carbons (Fsp3) is 0.688. The molecule has 106 valence electrons.